The fourth-order valence-electron chi connectivity index (χ4n) is 2.94. The van der Waals surface area contributed by atoms with E-state index in [1.807, 2.05) is 0 Å². The van der Waals surface area contributed by atoms with Crippen molar-refractivity contribution in [2.75, 3.05) is 11.3 Å². The monoisotopic (exact) mass is 460 g/mol. The summed E-state index contributed by atoms with van der Waals surface area (Å²) in [6, 6.07) is 14.7. The van der Waals surface area contributed by atoms with Crippen LogP contribution in [0.4, 0.5) is 14.5 Å². The van der Waals surface area contributed by atoms with Crippen LogP contribution in [0.2, 0.25) is 0 Å². The smallest absolute Gasteiger partial charge is 0.261 e. The molecule has 3 rings (SSSR count). The number of aryl methyl sites for hydroxylation is 1. The maximum Gasteiger partial charge on any atom is 0.261 e. The topological polar surface area (TPSA) is 84.5 Å². The molecule has 6 nitrogen and oxygen atoms in total. The fraction of sp³-hybridized carbons (Fsp3) is 0.174. The van der Waals surface area contributed by atoms with E-state index in [2.05, 4.69) is 10.0 Å². The lowest BCUT2D eigenvalue weighted by Crippen LogP contribution is -2.31. The summed E-state index contributed by atoms with van der Waals surface area (Å²) in [4.78, 5) is 12.2. The van der Waals surface area contributed by atoms with Gasteiger partial charge in [0.25, 0.3) is 15.9 Å². The molecule has 168 valence electrons. The average molecular weight is 461 g/mol. The van der Waals surface area contributed by atoms with Gasteiger partial charge in [-0.2, -0.15) is 0 Å². The summed E-state index contributed by atoms with van der Waals surface area (Å²) in [5.41, 5.74) is 1.50. The zero-order valence-electron chi connectivity index (χ0n) is 17.4. The summed E-state index contributed by atoms with van der Waals surface area (Å²) in [5, 5.41) is 2.75. The van der Waals surface area contributed by atoms with Gasteiger partial charge in [0, 0.05) is 5.69 Å². The zero-order chi connectivity index (χ0) is 23.3. The lowest BCUT2D eigenvalue weighted by molar-refractivity contribution is -0.123. The van der Waals surface area contributed by atoms with E-state index in [1.54, 1.807) is 26.0 Å². The summed E-state index contributed by atoms with van der Waals surface area (Å²) in [7, 11) is -3.88. The molecule has 0 bridgehead atoms. The van der Waals surface area contributed by atoms with Crippen molar-refractivity contribution < 1.29 is 26.7 Å². The molecule has 0 heterocycles. The summed E-state index contributed by atoms with van der Waals surface area (Å²) < 4.78 is 59.0. The Hall–Kier alpha value is -3.46. The van der Waals surface area contributed by atoms with Gasteiger partial charge in [0.1, 0.15) is 17.4 Å². The van der Waals surface area contributed by atoms with Crippen molar-refractivity contribution in [2.45, 2.75) is 24.8 Å². The van der Waals surface area contributed by atoms with Gasteiger partial charge in [-0.25, -0.2) is 17.2 Å². The van der Waals surface area contributed by atoms with E-state index in [-0.39, 0.29) is 35.0 Å². The van der Waals surface area contributed by atoms with Crippen LogP contribution in [0.5, 0.6) is 5.75 Å². The largest absolute Gasteiger partial charge is 0.484 e. The molecule has 0 spiro atoms. The quantitative estimate of drug-likeness (QED) is 0.524. The number of hydrogen-bond donors (Lipinski definition) is 2. The molecule has 0 saturated heterocycles. The highest BCUT2D eigenvalue weighted by molar-refractivity contribution is 7.92. The van der Waals surface area contributed by atoms with E-state index in [0.717, 1.165) is 17.7 Å². The van der Waals surface area contributed by atoms with Crippen molar-refractivity contribution in [3.8, 4) is 5.75 Å². The standard InChI is InChI=1S/C23H22F2N2O4S/c1-15-13-21(32(29,30)27-20-9-7-19(25)8-10-20)11-12-22(15)31-14-23(28)26-16(2)17-3-5-18(24)6-4-17/h3-13,16,27H,14H2,1-2H3,(H,26,28)/t16-/m0/s1. The molecule has 32 heavy (non-hydrogen) atoms. The molecule has 9 heteroatoms. The van der Waals surface area contributed by atoms with Gasteiger partial charge in [-0.1, -0.05) is 12.1 Å². The maximum atomic E-state index is 13.0. The summed E-state index contributed by atoms with van der Waals surface area (Å²) in [6.07, 6.45) is 0. The molecule has 0 unspecified atom stereocenters. The van der Waals surface area contributed by atoms with E-state index in [9.17, 15) is 22.0 Å². The van der Waals surface area contributed by atoms with Gasteiger partial charge in [0.05, 0.1) is 10.9 Å². The number of carbonyl (C=O) groups excluding carboxylic acids is 1. The number of amides is 1. The number of anilines is 1. The Morgan fingerprint density at radius 2 is 1.56 bits per heavy atom. The molecule has 0 aliphatic carbocycles. The van der Waals surface area contributed by atoms with Gasteiger partial charge < -0.3 is 10.1 Å². The van der Waals surface area contributed by atoms with Crippen LogP contribution in [0.1, 0.15) is 24.1 Å². The zero-order valence-corrected chi connectivity index (χ0v) is 18.2. The molecule has 3 aromatic carbocycles. The molecule has 0 radical (unpaired) electrons. The first-order valence-corrected chi connectivity index (χ1v) is 11.2. The number of sulfonamides is 1. The summed E-state index contributed by atoms with van der Waals surface area (Å²) >= 11 is 0. The highest BCUT2D eigenvalue weighted by Gasteiger charge is 2.17. The van der Waals surface area contributed by atoms with Crippen molar-refractivity contribution in [3.63, 3.8) is 0 Å². The molecule has 3 aromatic rings. The van der Waals surface area contributed by atoms with E-state index in [4.69, 9.17) is 4.74 Å². The minimum atomic E-state index is -3.88. The maximum absolute atomic E-state index is 13.0. The highest BCUT2D eigenvalue weighted by Crippen LogP contribution is 2.24. The van der Waals surface area contributed by atoms with Gasteiger partial charge in [0.2, 0.25) is 0 Å². The van der Waals surface area contributed by atoms with Crippen molar-refractivity contribution in [3.05, 3.63) is 89.5 Å². The molecular formula is C23H22F2N2O4S. The van der Waals surface area contributed by atoms with Gasteiger partial charge in [0.15, 0.2) is 6.61 Å². The lowest BCUT2D eigenvalue weighted by Gasteiger charge is -2.16. The predicted octanol–water partition coefficient (Wildman–Crippen LogP) is 4.33. The summed E-state index contributed by atoms with van der Waals surface area (Å²) in [6.45, 7) is 3.15. The van der Waals surface area contributed by atoms with E-state index < -0.39 is 15.8 Å². The second-order valence-electron chi connectivity index (χ2n) is 7.17. The van der Waals surface area contributed by atoms with Crippen molar-refractivity contribution in [2.24, 2.45) is 0 Å². The van der Waals surface area contributed by atoms with E-state index in [1.165, 1.54) is 42.5 Å². The first kappa shape index (κ1) is 23.2. The second kappa shape index (κ2) is 9.78. The Kier molecular flexibility index (Phi) is 7.09. The van der Waals surface area contributed by atoms with Crippen LogP contribution in [0.15, 0.2) is 71.6 Å². The molecule has 0 aliphatic rings. The SMILES string of the molecule is Cc1cc(S(=O)(=O)Nc2ccc(F)cc2)ccc1OCC(=O)N[C@@H](C)c1ccc(F)cc1. The van der Waals surface area contributed by atoms with Crippen LogP contribution >= 0.6 is 0 Å². The van der Waals surface area contributed by atoms with Crippen molar-refractivity contribution in [1.29, 1.82) is 0 Å². The number of rotatable bonds is 8. The van der Waals surface area contributed by atoms with Crippen LogP contribution in [-0.4, -0.2) is 20.9 Å². The Bertz CT molecular complexity index is 1200. The van der Waals surface area contributed by atoms with Crippen LogP contribution in [0, 0.1) is 18.6 Å². The molecule has 0 aromatic heterocycles. The molecule has 1 atom stereocenters. The van der Waals surface area contributed by atoms with Crippen LogP contribution in [-0.2, 0) is 14.8 Å². The van der Waals surface area contributed by atoms with Crippen molar-refractivity contribution in [1.82, 2.24) is 5.32 Å². The number of hydrogen-bond acceptors (Lipinski definition) is 4. The normalized spacial score (nSPS) is 12.1. The number of ether oxygens (including phenoxy) is 1. The molecule has 0 saturated carbocycles. The van der Waals surface area contributed by atoms with Gasteiger partial charge in [-0.05, 0) is 79.6 Å². The Balaban J connectivity index is 1.60. The van der Waals surface area contributed by atoms with Crippen LogP contribution in [0.3, 0.4) is 0 Å². The van der Waals surface area contributed by atoms with Gasteiger partial charge in [-0.15, -0.1) is 0 Å². The molecular weight excluding hydrogens is 438 g/mol. The third-order valence-electron chi connectivity index (χ3n) is 4.66. The minimum absolute atomic E-state index is 0.000980. The van der Waals surface area contributed by atoms with E-state index in [0.29, 0.717) is 11.3 Å². The lowest BCUT2D eigenvalue weighted by atomic mass is 10.1. The molecule has 0 fully saturated rings. The summed E-state index contributed by atoms with van der Waals surface area (Å²) in [5.74, 6) is -0.850. The van der Waals surface area contributed by atoms with Crippen LogP contribution < -0.4 is 14.8 Å². The van der Waals surface area contributed by atoms with E-state index >= 15 is 0 Å². The third kappa shape index (κ3) is 6.04. The third-order valence-corrected chi connectivity index (χ3v) is 6.04. The number of nitrogens with one attached hydrogen (secondary N) is 2. The number of carbonyl (C=O) groups is 1. The second-order valence-corrected chi connectivity index (χ2v) is 8.85. The Morgan fingerprint density at radius 3 is 2.16 bits per heavy atom. The Morgan fingerprint density at radius 1 is 0.969 bits per heavy atom. The molecule has 1 amide bonds. The predicted molar refractivity (Wildman–Crippen MR) is 117 cm³/mol. The molecule has 0 aliphatic heterocycles. The minimum Gasteiger partial charge on any atom is -0.484 e. The number of benzene rings is 3. The average Bonchev–Trinajstić information content (AvgIpc) is 2.74. The first-order valence-electron chi connectivity index (χ1n) is 9.71. The van der Waals surface area contributed by atoms with Gasteiger partial charge in [-0.3, -0.25) is 9.52 Å². The Labute approximate surface area is 185 Å². The van der Waals surface area contributed by atoms with Crippen molar-refractivity contribution >= 4 is 21.6 Å². The van der Waals surface area contributed by atoms with Gasteiger partial charge >= 0.3 is 0 Å². The van der Waals surface area contributed by atoms with Crippen LogP contribution in [0.25, 0.3) is 0 Å². The molecule has 2 N–H and O–H groups in total. The number of halogens is 2. The highest BCUT2D eigenvalue weighted by atomic mass is 32.2. The first-order chi connectivity index (χ1) is 15.1. The fourth-order valence-corrected chi connectivity index (χ4v) is 4.09.